The first kappa shape index (κ1) is 30.4. The van der Waals surface area contributed by atoms with Crippen LogP contribution in [0.5, 0.6) is 5.75 Å². The van der Waals surface area contributed by atoms with E-state index >= 15 is 0 Å². The molecule has 1 radical (unpaired) electrons. The molecule has 0 spiro atoms. The van der Waals surface area contributed by atoms with Gasteiger partial charge in [0.15, 0.2) is 0 Å². The second-order valence-corrected chi connectivity index (χ2v) is 12.3. The molecule has 0 saturated carbocycles. The molecule has 5 heteroatoms. The Morgan fingerprint density at radius 2 is 1.36 bits per heavy atom. The van der Waals surface area contributed by atoms with Gasteiger partial charge >= 0.3 is 7.48 Å². The van der Waals surface area contributed by atoms with Crippen LogP contribution in [0.1, 0.15) is 97.4 Å². The van der Waals surface area contributed by atoms with E-state index in [9.17, 15) is 10.2 Å². The Kier molecular flexibility index (Phi) is 9.53. The summed E-state index contributed by atoms with van der Waals surface area (Å²) in [4.78, 5) is 0. The van der Waals surface area contributed by atoms with Crippen molar-refractivity contribution in [2.75, 3.05) is 6.61 Å². The van der Waals surface area contributed by atoms with Crippen LogP contribution in [0.2, 0.25) is 0 Å². The van der Waals surface area contributed by atoms with Crippen LogP contribution in [0, 0.1) is 19.3 Å². The second-order valence-electron chi connectivity index (χ2n) is 12.3. The fourth-order valence-electron chi connectivity index (χ4n) is 4.22. The van der Waals surface area contributed by atoms with Gasteiger partial charge in [0, 0.05) is 5.41 Å². The molecule has 0 saturated heterocycles. The van der Waals surface area contributed by atoms with Crippen LogP contribution in [0.15, 0.2) is 36.4 Å². The third-order valence-corrected chi connectivity index (χ3v) is 8.11. The molecule has 2 aromatic rings. The summed E-state index contributed by atoms with van der Waals surface area (Å²) in [6.45, 7) is 22.3. The van der Waals surface area contributed by atoms with Crippen LogP contribution < -0.4 is 10.2 Å². The summed E-state index contributed by atoms with van der Waals surface area (Å²) in [7, 11) is 1.76. The highest BCUT2D eigenvalue weighted by molar-refractivity contribution is 6.47. The Hall–Kier alpha value is -1.82. The molecule has 0 bridgehead atoms. The predicted octanol–water partition coefficient (Wildman–Crippen LogP) is 6.01. The highest BCUT2D eigenvalue weighted by Gasteiger charge is 2.36. The Balaban J connectivity index is 2.32. The Morgan fingerprint density at radius 3 is 1.81 bits per heavy atom. The van der Waals surface area contributed by atoms with Crippen molar-refractivity contribution in [1.82, 2.24) is 0 Å². The van der Waals surface area contributed by atoms with Crippen LogP contribution >= 0.6 is 0 Å². The SMILES string of the molecule is CCC(CC)(c1ccc([B]OC(C)(C)C(C)(C)O)c(C)c1)c1ccc(OCC(O)C(C)(C)C)c(C)c1. The zero-order valence-electron chi connectivity index (χ0n) is 24.5. The smallest absolute Gasteiger partial charge is 0.331 e. The van der Waals surface area contributed by atoms with Crippen molar-refractivity contribution in [3.8, 4) is 5.75 Å². The number of aryl methyl sites for hydroxylation is 2. The van der Waals surface area contributed by atoms with Gasteiger partial charge in [-0.15, -0.1) is 0 Å². The molecule has 1 unspecified atom stereocenters. The first-order chi connectivity index (χ1) is 16.5. The molecule has 2 aromatic carbocycles. The van der Waals surface area contributed by atoms with E-state index in [1.54, 1.807) is 21.3 Å². The normalized spacial score (nSPS) is 14.0. The summed E-state index contributed by atoms with van der Waals surface area (Å²) in [5.74, 6) is 0.816. The van der Waals surface area contributed by atoms with Gasteiger partial charge in [0.2, 0.25) is 0 Å². The molecule has 2 N–H and O–H groups in total. The molecule has 199 valence electrons. The fraction of sp³-hybridized carbons (Fsp3) is 0.613. The number of aliphatic hydroxyl groups excluding tert-OH is 1. The molecule has 0 aliphatic heterocycles. The monoisotopic (exact) mass is 495 g/mol. The Labute approximate surface area is 220 Å². The molecule has 36 heavy (non-hydrogen) atoms. The molecule has 0 fully saturated rings. The van der Waals surface area contributed by atoms with Crippen molar-refractivity contribution in [1.29, 1.82) is 0 Å². The Bertz CT molecular complexity index is 1010. The summed E-state index contributed by atoms with van der Waals surface area (Å²) in [6, 6.07) is 13.0. The minimum absolute atomic E-state index is 0.120. The first-order valence-corrected chi connectivity index (χ1v) is 13.2. The van der Waals surface area contributed by atoms with Crippen LogP contribution in [-0.2, 0) is 10.1 Å². The lowest BCUT2D eigenvalue weighted by Crippen LogP contribution is -2.49. The van der Waals surface area contributed by atoms with E-state index in [0.717, 1.165) is 35.2 Å². The quantitative estimate of drug-likeness (QED) is 0.375. The lowest BCUT2D eigenvalue weighted by atomic mass is 9.69. The molecular formula is C31H48BO4. The van der Waals surface area contributed by atoms with Gasteiger partial charge in [0.1, 0.15) is 12.4 Å². The third kappa shape index (κ3) is 6.73. The van der Waals surface area contributed by atoms with Crippen molar-refractivity contribution < 1.29 is 19.6 Å². The van der Waals surface area contributed by atoms with E-state index in [0.29, 0.717) is 0 Å². The number of ether oxygens (including phenoxy) is 1. The van der Waals surface area contributed by atoms with Crippen LogP contribution in [-0.4, -0.2) is 41.6 Å². The van der Waals surface area contributed by atoms with Gasteiger partial charge in [-0.25, -0.2) is 0 Å². The van der Waals surface area contributed by atoms with E-state index in [1.165, 1.54) is 11.1 Å². The molecule has 1 atom stereocenters. The lowest BCUT2D eigenvalue weighted by Gasteiger charge is -2.38. The molecular weight excluding hydrogens is 447 g/mol. The van der Waals surface area contributed by atoms with Gasteiger partial charge in [-0.2, -0.15) is 0 Å². The van der Waals surface area contributed by atoms with Crippen molar-refractivity contribution >= 4 is 12.9 Å². The lowest BCUT2D eigenvalue weighted by molar-refractivity contribution is -0.0893. The minimum atomic E-state index is -0.963. The number of hydrogen-bond acceptors (Lipinski definition) is 4. The van der Waals surface area contributed by atoms with Gasteiger partial charge in [-0.1, -0.05) is 76.0 Å². The van der Waals surface area contributed by atoms with Crippen LogP contribution in [0.4, 0.5) is 0 Å². The minimum Gasteiger partial charge on any atom is -0.491 e. The number of rotatable bonds is 11. The van der Waals surface area contributed by atoms with Gasteiger partial charge in [0.25, 0.3) is 0 Å². The maximum atomic E-state index is 10.4. The zero-order chi connectivity index (χ0) is 27.5. The van der Waals surface area contributed by atoms with Gasteiger partial charge in [-0.3, -0.25) is 0 Å². The van der Waals surface area contributed by atoms with Crippen molar-refractivity contribution in [3.05, 3.63) is 58.7 Å². The van der Waals surface area contributed by atoms with E-state index in [-0.39, 0.29) is 17.4 Å². The zero-order valence-corrected chi connectivity index (χ0v) is 24.5. The fourth-order valence-corrected chi connectivity index (χ4v) is 4.22. The summed E-state index contributed by atoms with van der Waals surface area (Å²) >= 11 is 0. The van der Waals surface area contributed by atoms with Crippen molar-refractivity contribution in [2.45, 2.75) is 112 Å². The predicted molar refractivity (Wildman–Crippen MR) is 152 cm³/mol. The molecule has 4 nitrogen and oxygen atoms in total. The van der Waals surface area contributed by atoms with Crippen molar-refractivity contribution in [3.63, 3.8) is 0 Å². The number of hydrogen-bond donors (Lipinski definition) is 2. The standard InChI is InChI=1S/C31H48BO4/c1-12-31(13-2,24-15-17-26(22(4)19-24)35-20-27(33)28(5,6)7)23-14-16-25(21(3)18-23)32-36-30(10,11)29(8,9)34/h14-19,27,33-34H,12-13,20H2,1-11H3. The average Bonchev–Trinajstić information content (AvgIpc) is 2.77. The maximum absolute atomic E-state index is 10.4. The maximum Gasteiger partial charge on any atom is 0.331 e. The largest absolute Gasteiger partial charge is 0.491 e. The van der Waals surface area contributed by atoms with Gasteiger partial charge in [-0.05, 0) is 82.6 Å². The summed E-state index contributed by atoms with van der Waals surface area (Å²) < 4.78 is 12.0. The van der Waals surface area contributed by atoms with Gasteiger partial charge in [0.05, 0.1) is 17.3 Å². The highest BCUT2D eigenvalue weighted by atomic mass is 16.5. The molecule has 0 amide bonds. The van der Waals surface area contributed by atoms with E-state index in [4.69, 9.17) is 9.39 Å². The van der Waals surface area contributed by atoms with Crippen LogP contribution in [0.25, 0.3) is 0 Å². The number of benzene rings is 2. The average molecular weight is 496 g/mol. The topological polar surface area (TPSA) is 58.9 Å². The first-order valence-electron chi connectivity index (χ1n) is 13.2. The summed E-state index contributed by atoms with van der Waals surface area (Å²) in [5.41, 5.74) is 3.75. The molecule has 2 rings (SSSR count). The van der Waals surface area contributed by atoms with Gasteiger partial charge < -0.3 is 19.6 Å². The summed E-state index contributed by atoms with van der Waals surface area (Å²) in [6.07, 6.45) is 1.41. The molecule has 0 aliphatic rings. The summed E-state index contributed by atoms with van der Waals surface area (Å²) in [5, 5.41) is 20.8. The van der Waals surface area contributed by atoms with E-state index in [1.807, 2.05) is 40.7 Å². The molecule has 0 aliphatic carbocycles. The number of aliphatic hydroxyl groups is 2. The second kappa shape index (κ2) is 11.3. The molecule has 0 aromatic heterocycles. The Morgan fingerprint density at radius 1 is 0.833 bits per heavy atom. The van der Waals surface area contributed by atoms with E-state index < -0.39 is 17.3 Å². The third-order valence-electron chi connectivity index (χ3n) is 8.11. The van der Waals surface area contributed by atoms with E-state index in [2.05, 4.69) is 58.0 Å². The van der Waals surface area contributed by atoms with Crippen LogP contribution in [0.3, 0.4) is 0 Å². The molecule has 0 heterocycles. The van der Waals surface area contributed by atoms with Crippen molar-refractivity contribution in [2.24, 2.45) is 5.41 Å². The highest BCUT2D eigenvalue weighted by Crippen LogP contribution is 2.40.